The van der Waals surface area contributed by atoms with Crippen LogP contribution in [0.1, 0.15) is 44.0 Å². The average molecular weight is 452 g/mol. The molecule has 0 saturated heterocycles. The molecule has 2 unspecified atom stereocenters. The molecule has 6 nitrogen and oxygen atoms in total. The molecule has 0 amide bonds. The van der Waals surface area contributed by atoms with Crippen LogP contribution in [0.4, 0.5) is 0 Å². The lowest BCUT2D eigenvalue weighted by Gasteiger charge is -2.30. The van der Waals surface area contributed by atoms with Crippen LogP contribution in [-0.2, 0) is 11.3 Å². The van der Waals surface area contributed by atoms with E-state index >= 15 is 0 Å². The van der Waals surface area contributed by atoms with Crippen molar-refractivity contribution in [3.8, 4) is 17.3 Å². The van der Waals surface area contributed by atoms with E-state index in [9.17, 15) is 5.11 Å². The quantitative estimate of drug-likeness (QED) is 0.406. The Labute approximate surface area is 197 Å². The van der Waals surface area contributed by atoms with Crippen molar-refractivity contribution in [2.75, 3.05) is 19.8 Å². The third-order valence-electron chi connectivity index (χ3n) is 5.91. The fourth-order valence-corrected chi connectivity index (χ4v) is 3.73. The van der Waals surface area contributed by atoms with Gasteiger partial charge in [0.2, 0.25) is 5.88 Å². The summed E-state index contributed by atoms with van der Waals surface area (Å²) < 4.78 is 13.8. The predicted molar refractivity (Wildman–Crippen MR) is 132 cm³/mol. The van der Waals surface area contributed by atoms with Crippen LogP contribution in [0.3, 0.4) is 0 Å². The van der Waals surface area contributed by atoms with Crippen molar-refractivity contribution in [1.29, 1.82) is 0 Å². The lowest BCUT2D eigenvalue weighted by molar-refractivity contribution is 0.0111. The molecule has 1 heterocycles. The van der Waals surface area contributed by atoms with Gasteiger partial charge in [-0.2, -0.15) is 5.10 Å². The van der Waals surface area contributed by atoms with Crippen molar-refractivity contribution in [3.05, 3.63) is 71.4 Å². The number of para-hydroxylation sites is 1. The highest BCUT2D eigenvalue weighted by Gasteiger charge is 2.24. The lowest BCUT2D eigenvalue weighted by atomic mass is 10.1. The van der Waals surface area contributed by atoms with Gasteiger partial charge in [0, 0.05) is 25.7 Å². The number of aromatic nitrogens is 2. The molecule has 0 spiro atoms. The molecule has 3 aromatic rings. The van der Waals surface area contributed by atoms with E-state index in [0.717, 1.165) is 29.1 Å². The molecule has 0 aliphatic carbocycles. The largest absolute Gasteiger partial charge is 0.439 e. The fourth-order valence-electron chi connectivity index (χ4n) is 3.73. The van der Waals surface area contributed by atoms with Gasteiger partial charge in [-0.25, -0.2) is 4.68 Å². The van der Waals surface area contributed by atoms with Gasteiger partial charge in [-0.05, 0) is 58.4 Å². The van der Waals surface area contributed by atoms with E-state index in [0.29, 0.717) is 32.2 Å². The third-order valence-corrected chi connectivity index (χ3v) is 5.91. The first-order valence-electron chi connectivity index (χ1n) is 11.8. The van der Waals surface area contributed by atoms with E-state index < -0.39 is 6.10 Å². The summed E-state index contributed by atoms with van der Waals surface area (Å²) in [7, 11) is 0. The highest BCUT2D eigenvalue weighted by Crippen LogP contribution is 2.32. The number of hydrogen-bond donors (Lipinski definition) is 1. The Morgan fingerprint density at radius 3 is 2.36 bits per heavy atom. The molecule has 1 N–H and O–H groups in total. The number of aliphatic hydroxyl groups excluding tert-OH is 1. The number of hydrogen-bond acceptors (Lipinski definition) is 5. The maximum atomic E-state index is 10.5. The maximum Gasteiger partial charge on any atom is 0.227 e. The van der Waals surface area contributed by atoms with Crippen molar-refractivity contribution < 1.29 is 14.6 Å². The molecule has 0 aliphatic heterocycles. The highest BCUT2D eigenvalue weighted by atomic mass is 16.5. The van der Waals surface area contributed by atoms with Crippen LogP contribution in [0, 0.1) is 13.8 Å². The van der Waals surface area contributed by atoms with Gasteiger partial charge in [0.05, 0.1) is 29.7 Å². The zero-order chi connectivity index (χ0) is 23.8. The summed E-state index contributed by atoms with van der Waals surface area (Å²) in [5, 5.41) is 15.4. The minimum atomic E-state index is -0.551. The molecule has 0 bridgehead atoms. The van der Waals surface area contributed by atoms with Crippen molar-refractivity contribution in [2.45, 2.75) is 59.7 Å². The summed E-state index contributed by atoms with van der Waals surface area (Å²) in [6, 6.07) is 18.4. The molecule has 0 fully saturated rings. The van der Waals surface area contributed by atoms with E-state index in [-0.39, 0.29) is 6.04 Å². The summed E-state index contributed by atoms with van der Waals surface area (Å²) >= 11 is 0. The van der Waals surface area contributed by atoms with E-state index in [1.807, 2.05) is 73.1 Å². The smallest absolute Gasteiger partial charge is 0.227 e. The lowest BCUT2D eigenvalue weighted by Crippen LogP contribution is -2.40. The first-order chi connectivity index (χ1) is 15.9. The average Bonchev–Trinajstić information content (AvgIpc) is 3.13. The zero-order valence-corrected chi connectivity index (χ0v) is 20.5. The van der Waals surface area contributed by atoms with Gasteiger partial charge in [-0.1, -0.05) is 42.8 Å². The minimum Gasteiger partial charge on any atom is -0.439 e. The Balaban J connectivity index is 1.97. The summed E-state index contributed by atoms with van der Waals surface area (Å²) in [5.41, 5.74) is 4.05. The molecule has 33 heavy (non-hydrogen) atoms. The second-order valence-electron chi connectivity index (χ2n) is 8.53. The number of nitrogens with zero attached hydrogens (tertiary/aromatic N) is 3. The number of benzene rings is 2. The molecule has 2 atom stereocenters. The Kier molecular flexibility index (Phi) is 9.06. The molecule has 3 rings (SSSR count). The van der Waals surface area contributed by atoms with Crippen LogP contribution in [-0.4, -0.2) is 51.7 Å². The Morgan fingerprint density at radius 2 is 1.73 bits per heavy atom. The second-order valence-corrected chi connectivity index (χ2v) is 8.53. The van der Waals surface area contributed by atoms with Crippen LogP contribution < -0.4 is 4.74 Å². The first kappa shape index (κ1) is 25.0. The summed E-state index contributed by atoms with van der Waals surface area (Å²) in [5.74, 6) is 1.47. The van der Waals surface area contributed by atoms with E-state index in [1.165, 1.54) is 5.56 Å². The molecule has 2 aromatic carbocycles. The standard InChI is InChI=1S/C27H37N3O3/c1-6-21(4)29(17-24(31)19-32-7-2)18-26-22(5)28-30(23-11-9-8-10-12-23)27(26)33-25-15-13-20(3)14-16-25/h8-16,21,24,31H,6-7,17-19H2,1-5H3. The zero-order valence-electron chi connectivity index (χ0n) is 20.5. The van der Waals surface area contributed by atoms with Crippen LogP contribution >= 0.6 is 0 Å². The van der Waals surface area contributed by atoms with E-state index in [1.54, 1.807) is 0 Å². The topological polar surface area (TPSA) is 59.8 Å². The van der Waals surface area contributed by atoms with Gasteiger partial charge < -0.3 is 14.6 Å². The normalized spacial score (nSPS) is 13.3. The molecule has 178 valence electrons. The van der Waals surface area contributed by atoms with Crippen molar-refractivity contribution >= 4 is 0 Å². The van der Waals surface area contributed by atoms with E-state index in [4.69, 9.17) is 14.6 Å². The molecule has 6 heteroatoms. The van der Waals surface area contributed by atoms with Gasteiger partial charge >= 0.3 is 0 Å². The minimum absolute atomic E-state index is 0.285. The third kappa shape index (κ3) is 6.67. The summed E-state index contributed by atoms with van der Waals surface area (Å²) in [4.78, 5) is 2.28. The van der Waals surface area contributed by atoms with Gasteiger partial charge in [0.1, 0.15) is 5.75 Å². The Hall–Kier alpha value is -2.67. The van der Waals surface area contributed by atoms with Crippen molar-refractivity contribution in [1.82, 2.24) is 14.7 Å². The summed E-state index contributed by atoms with van der Waals surface area (Å²) in [6.07, 6.45) is 0.423. The molecular weight excluding hydrogens is 414 g/mol. The van der Waals surface area contributed by atoms with Crippen LogP contribution in [0.2, 0.25) is 0 Å². The highest BCUT2D eigenvalue weighted by molar-refractivity contribution is 5.43. The molecule has 0 aliphatic rings. The van der Waals surface area contributed by atoms with Crippen LogP contribution in [0.5, 0.6) is 11.6 Å². The monoisotopic (exact) mass is 451 g/mol. The number of rotatable bonds is 12. The van der Waals surface area contributed by atoms with E-state index in [2.05, 4.69) is 25.7 Å². The number of aliphatic hydroxyl groups is 1. The summed E-state index contributed by atoms with van der Waals surface area (Å²) in [6.45, 7) is 12.4. The first-order valence-corrected chi connectivity index (χ1v) is 11.8. The van der Waals surface area contributed by atoms with Gasteiger partial charge in [-0.3, -0.25) is 4.90 Å². The predicted octanol–water partition coefficient (Wildman–Crippen LogP) is 5.28. The van der Waals surface area contributed by atoms with Gasteiger partial charge in [0.15, 0.2) is 0 Å². The second kappa shape index (κ2) is 12.0. The Morgan fingerprint density at radius 1 is 1.03 bits per heavy atom. The van der Waals surface area contributed by atoms with Crippen LogP contribution in [0.25, 0.3) is 5.69 Å². The molecule has 1 aromatic heterocycles. The fraction of sp³-hybridized carbons (Fsp3) is 0.444. The van der Waals surface area contributed by atoms with Crippen molar-refractivity contribution in [3.63, 3.8) is 0 Å². The van der Waals surface area contributed by atoms with Gasteiger partial charge in [-0.15, -0.1) is 0 Å². The number of aryl methyl sites for hydroxylation is 2. The SMILES string of the molecule is CCOCC(O)CN(Cc1c(C)nn(-c2ccccc2)c1Oc1ccc(C)cc1)C(C)CC. The Bertz CT molecular complexity index is 986. The van der Waals surface area contributed by atoms with Crippen LogP contribution in [0.15, 0.2) is 54.6 Å². The number of ether oxygens (including phenoxy) is 2. The van der Waals surface area contributed by atoms with Crippen molar-refractivity contribution in [2.24, 2.45) is 0 Å². The molecule has 0 radical (unpaired) electrons. The van der Waals surface area contributed by atoms with Gasteiger partial charge in [0.25, 0.3) is 0 Å². The molecular formula is C27H37N3O3. The molecule has 0 saturated carbocycles. The maximum absolute atomic E-state index is 10.5.